The van der Waals surface area contributed by atoms with E-state index in [0.29, 0.717) is 5.82 Å². The molecule has 0 spiro atoms. The molecule has 0 aliphatic carbocycles. The molecule has 0 saturated carbocycles. The van der Waals surface area contributed by atoms with Crippen LogP contribution in [0, 0.1) is 0 Å². The number of anilines is 2. The van der Waals surface area contributed by atoms with E-state index in [-0.39, 0.29) is 0 Å². The van der Waals surface area contributed by atoms with E-state index in [9.17, 15) is 0 Å². The van der Waals surface area contributed by atoms with Crippen LogP contribution in [0.3, 0.4) is 0 Å². The minimum atomic E-state index is 0.451. The number of nitrogens with one attached hydrogen (secondary N) is 1. The molecule has 3 N–H and O–H groups in total. The van der Waals surface area contributed by atoms with E-state index in [2.05, 4.69) is 36.1 Å². The van der Waals surface area contributed by atoms with Crippen molar-refractivity contribution in [2.45, 2.75) is 0 Å². The van der Waals surface area contributed by atoms with Crippen molar-refractivity contribution in [2.75, 3.05) is 38.2 Å². The predicted molar refractivity (Wildman–Crippen MR) is 61.2 cm³/mol. The molecule has 5 nitrogen and oxygen atoms in total. The van der Waals surface area contributed by atoms with Gasteiger partial charge in [0.25, 0.3) is 0 Å². The molecule has 1 aromatic heterocycles. The third-order valence-corrected chi connectivity index (χ3v) is 2.45. The van der Waals surface area contributed by atoms with Crippen molar-refractivity contribution in [3.8, 4) is 0 Å². The zero-order valence-corrected chi connectivity index (χ0v) is 9.87. The van der Waals surface area contributed by atoms with Crippen molar-refractivity contribution in [1.29, 1.82) is 0 Å². The summed E-state index contributed by atoms with van der Waals surface area (Å²) in [5.41, 5.74) is 5.60. The molecule has 0 saturated heterocycles. The van der Waals surface area contributed by atoms with Crippen molar-refractivity contribution in [3.05, 3.63) is 10.8 Å². The Morgan fingerprint density at radius 3 is 2.86 bits per heavy atom. The van der Waals surface area contributed by atoms with E-state index in [1.807, 2.05) is 14.1 Å². The fraction of sp³-hybridized carbons (Fsp3) is 0.500. The lowest BCUT2D eigenvalue weighted by Gasteiger charge is -2.11. The van der Waals surface area contributed by atoms with Crippen molar-refractivity contribution in [1.82, 2.24) is 14.9 Å². The molecule has 1 heterocycles. The molecule has 14 heavy (non-hydrogen) atoms. The molecule has 1 aromatic rings. The maximum absolute atomic E-state index is 5.60. The van der Waals surface area contributed by atoms with Crippen molar-refractivity contribution >= 4 is 27.6 Å². The highest BCUT2D eigenvalue weighted by Gasteiger charge is 2.04. The van der Waals surface area contributed by atoms with E-state index in [1.54, 1.807) is 0 Å². The molecular weight excluding hydrogens is 246 g/mol. The summed E-state index contributed by atoms with van der Waals surface area (Å²) in [6, 6.07) is 0. The highest BCUT2D eigenvalue weighted by molar-refractivity contribution is 9.10. The first-order valence-corrected chi connectivity index (χ1v) is 5.05. The summed E-state index contributed by atoms with van der Waals surface area (Å²) < 4.78 is 0.721. The van der Waals surface area contributed by atoms with Crippen LogP contribution in [0.15, 0.2) is 10.8 Å². The Kier molecular flexibility index (Phi) is 4.09. The number of rotatable bonds is 4. The summed E-state index contributed by atoms with van der Waals surface area (Å²) in [7, 11) is 4.04. The summed E-state index contributed by atoms with van der Waals surface area (Å²) in [5.74, 6) is 1.19. The molecule has 0 unspecified atom stereocenters. The van der Waals surface area contributed by atoms with Crippen LogP contribution >= 0.6 is 15.9 Å². The Labute approximate surface area is 91.8 Å². The molecule has 0 atom stereocenters. The molecule has 0 aliphatic rings. The van der Waals surface area contributed by atoms with E-state index < -0.39 is 0 Å². The number of hydrogen-bond donors (Lipinski definition) is 2. The normalized spacial score (nSPS) is 10.6. The third kappa shape index (κ3) is 3.12. The van der Waals surface area contributed by atoms with Gasteiger partial charge in [0.2, 0.25) is 0 Å². The first-order valence-electron chi connectivity index (χ1n) is 4.26. The number of nitrogens with two attached hydrogens (primary N) is 1. The van der Waals surface area contributed by atoms with Crippen LogP contribution < -0.4 is 11.1 Å². The van der Waals surface area contributed by atoms with Gasteiger partial charge in [-0.2, -0.15) is 0 Å². The van der Waals surface area contributed by atoms with Gasteiger partial charge in [-0.15, -0.1) is 0 Å². The van der Waals surface area contributed by atoms with Gasteiger partial charge in [0.05, 0.1) is 0 Å². The number of nitrogen functional groups attached to an aromatic ring is 1. The summed E-state index contributed by atoms with van der Waals surface area (Å²) in [4.78, 5) is 10.0. The molecule has 6 heteroatoms. The zero-order chi connectivity index (χ0) is 10.6. The van der Waals surface area contributed by atoms with E-state index in [0.717, 1.165) is 23.4 Å². The number of aromatic nitrogens is 2. The molecule has 0 aliphatic heterocycles. The Morgan fingerprint density at radius 1 is 1.50 bits per heavy atom. The second-order valence-corrected chi connectivity index (χ2v) is 3.94. The second kappa shape index (κ2) is 5.11. The second-order valence-electron chi connectivity index (χ2n) is 3.15. The Bertz CT molecular complexity index is 302. The van der Waals surface area contributed by atoms with Crippen LogP contribution in [0.2, 0.25) is 0 Å². The minimum Gasteiger partial charge on any atom is -0.383 e. The number of halogens is 1. The number of hydrogen-bond acceptors (Lipinski definition) is 5. The quantitative estimate of drug-likeness (QED) is 0.838. The lowest BCUT2D eigenvalue weighted by atomic mass is 10.5. The first-order chi connectivity index (χ1) is 6.61. The van der Waals surface area contributed by atoms with Crippen LogP contribution in [0.25, 0.3) is 0 Å². The average Bonchev–Trinajstić information content (AvgIpc) is 2.12. The fourth-order valence-electron chi connectivity index (χ4n) is 0.905. The maximum Gasteiger partial charge on any atom is 0.145 e. The lowest BCUT2D eigenvalue weighted by molar-refractivity contribution is 0.425. The van der Waals surface area contributed by atoms with Crippen LogP contribution in [0.5, 0.6) is 0 Å². The van der Waals surface area contributed by atoms with Crippen LogP contribution in [-0.2, 0) is 0 Å². The van der Waals surface area contributed by atoms with Crippen LogP contribution in [-0.4, -0.2) is 42.1 Å². The number of nitrogens with zero attached hydrogens (tertiary/aromatic N) is 3. The first kappa shape index (κ1) is 11.2. The van der Waals surface area contributed by atoms with Crippen molar-refractivity contribution in [3.63, 3.8) is 0 Å². The largest absolute Gasteiger partial charge is 0.383 e. The minimum absolute atomic E-state index is 0.451. The monoisotopic (exact) mass is 259 g/mol. The summed E-state index contributed by atoms with van der Waals surface area (Å²) >= 11 is 3.32. The Balaban J connectivity index is 2.54. The van der Waals surface area contributed by atoms with Crippen LogP contribution in [0.1, 0.15) is 0 Å². The van der Waals surface area contributed by atoms with Gasteiger partial charge in [-0.25, -0.2) is 9.97 Å². The molecule has 78 valence electrons. The highest BCUT2D eigenvalue weighted by Crippen LogP contribution is 2.23. The molecule has 1 rings (SSSR count). The lowest BCUT2D eigenvalue weighted by Crippen LogP contribution is -2.21. The van der Waals surface area contributed by atoms with Gasteiger partial charge in [0.15, 0.2) is 0 Å². The maximum atomic E-state index is 5.60. The smallest absolute Gasteiger partial charge is 0.145 e. The zero-order valence-electron chi connectivity index (χ0n) is 8.29. The summed E-state index contributed by atoms with van der Waals surface area (Å²) in [6.45, 7) is 1.76. The molecule has 0 radical (unpaired) electrons. The van der Waals surface area contributed by atoms with Gasteiger partial charge in [-0.05, 0) is 30.0 Å². The summed E-state index contributed by atoms with van der Waals surface area (Å²) in [5, 5.41) is 3.17. The van der Waals surface area contributed by atoms with E-state index in [4.69, 9.17) is 5.73 Å². The Morgan fingerprint density at radius 2 is 2.21 bits per heavy atom. The fourth-order valence-corrected chi connectivity index (χ4v) is 1.25. The average molecular weight is 260 g/mol. The molecule has 0 bridgehead atoms. The van der Waals surface area contributed by atoms with Gasteiger partial charge in [0.1, 0.15) is 22.4 Å². The van der Waals surface area contributed by atoms with Gasteiger partial charge in [-0.1, -0.05) is 0 Å². The van der Waals surface area contributed by atoms with Crippen molar-refractivity contribution in [2.24, 2.45) is 0 Å². The Hall–Kier alpha value is -0.880. The van der Waals surface area contributed by atoms with Gasteiger partial charge in [0, 0.05) is 13.1 Å². The standard InChI is InChI=1S/C8H14BrN5/c1-14(2)4-3-11-8-6(9)7(10)12-5-13-8/h5H,3-4H2,1-2H3,(H3,10,11,12,13). The topological polar surface area (TPSA) is 67.1 Å². The predicted octanol–water partition coefficient (Wildman–Crippen LogP) is 0.795. The van der Waals surface area contributed by atoms with Gasteiger partial charge < -0.3 is 16.0 Å². The van der Waals surface area contributed by atoms with Crippen LogP contribution in [0.4, 0.5) is 11.6 Å². The molecule has 0 fully saturated rings. The molecule has 0 aromatic carbocycles. The van der Waals surface area contributed by atoms with Gasteiger partial charge >= 0.3 is 0 Å². The van der Waals surface area contributed by atoms with Gasteiger partial charge in [-0.3, -0.25) is 0 Å². The molecule has 0 amide bonds. The summed E-state index contributed by atoms with van der Waals surface area (Å²) in [6.07, 6.45) is 1.44. The third-order valence-electron chi connectivity index (χ3n) is 1.67. The van der Waals surface area contributed by atoms with E-state index >= 15 is 0 Å². The van der Waals surface area contributed by atoms with E-state index in [1.165, 1.54) is 6.33 Å². The number of likely N-dealkylation sites (N-methyl/N-ethyl adjacent to an activating group) is 1. The SMILES string of the molecule is CN(C)CCNc1ncnc(N)c1Br. The van der Waals surface area contributed by atoms with Crippen molar-refractivity contribution < 1.29 is 0 Å². The molecular formula is C8H14BrN5. The highest BCUT2D eigenvalue weighted by atomic mass is 79.9.